The monoisotopic (exact) mass is 337 g/mol. The van der Waals surface area contributed by atoms with Gasteiger partial charge in [0.25, 0.3) is 0 Å². The number of hydrogen-bond acceptors (Lipinski definition) is 3. The highest BCUT2D eigenvalue weighted by Crippen LogP contribution is 2.28. The van der Waals surface area contributed by atoms with Gasteiger partial charge in [-0.05, 0) is 31.0 Å². The van der Waals surface area contributed by atoms with Crippen LogP contribution in [0, 0.1) is 0 Å². The van der Waals surface area contributed by atoms with Gasteiger partial charge in [0.1, 0.15) is 9.84 Å². The van der Waals surface area contributed by atoms with E-state index in [4.69, 9.17) is 11.6 Å². The van der Waals surface area contributed by atoms with Gasteiger partial charge >= 0.3 is 0 Å². The Labute approximate surface area is 115 Å². The highest BCUT2D eigenvalue weighted by Gasteiger charge is 2.23. The van der Waals surface area contributed by atoms with E-state index in [9.17, 15) is 8.42 Å². The molecule has 0 aliphatic carbocycles. The largest absolute Gasteiger partial charge is 0.381 e. The van der Waals surface area contributed by atoms with Crippen molar-refractivity contribution in [1.29, 1.82) is 0 Å². The predicted molar refractivity (Wildman–Crippen MR) is 74.5 cm³/mol. The first-order valence-electron chi connectivity index (χ1n) is 5.38. The molecular formula is C11H13BrClNO2S. The molecule has 1 aliphatic heterocycles. The van der Waals surface area contributed by atoms with Crippen molar-refractivity contribution < 1.29 is 8.42 Å². The van der Waals surface area contributed by atoms with Gasteiger partial charge in [-0.15, -0.1) is 0 Å². The molecular weight excluding hydrogens is 326 g/mol. The third kappa shape index (κ3) is 3.60. The summed E-state index contributed by atoms with van der Waals surface area (Å²) in [5, 5.41) is 3.96. The van der Waals surface area contributed by atoms with E-state index in [1.54, 1.807) is 0 Å². The molecule has 0 atom stereocenters. The van der Waals surface area contributed by atoms with Gasteiger partial charge in [-0.3, -0.25) is 0 Å². The Balaban J connectivity index is 2.05. The minimum atomic E-state index is -2.81. The summed E-state index contributed by atoms with van der Waals surface area (Å²) < 4.78 is 23.6. The number of anilines is 1. The molecule has 2 rings (SSSR count). The second-order valence-electron chi connectivity index (χ2n) is 4.19. The second kappa shape index (κ2) is 5.16. The molecule has 0 amide bonds. The van der Waals surface area contributed by atoms with Gasteiger partial charge in [-0.2, -0.15) is 0 Å². The molecule has 1 fully saturated rings. The van der Waals surface area contributed by atoms with E-state index < -0.39 is 9.84 Å². The zero-order chi connectivity index (χ0) is 12.5. The average molecular weight is 339 g/mol. The molecule has 1 aromatic rings. The first kappa shape index (κ1) is 13.2. The number of rotatable bonds is 2. The average Bonchev–Trinajstić information content (AvgIpc) is 2.26. The van der Waals surface area contributed by atoms with Gasteiger partial charge in [-0.1, -0.05) is 27.5 Å². The Morgan fingerprint density at radius 1 is 1.29 bits per heavy atom. The maximum absolute atomic E-state index is 11.3. The summed E-state index contributed by atoms with van der Waals surface area (Å²) in [5.41, 5.74) is 0.852. The normalized spacial score (nSPS) is 20.1. The van der Waals surface area contributed by atoms with Crippen LogP contribution in [0.1, 0.15) is 12.8 Å². The van der Waals surface area contributed by atoms with Crippen LogP contribution in [0.15, 0.2) is 22.7 Å². The van der Waals surface area contributed by atoms with Gasteiger partial charge in [0.2, 0.25) is 0 Å². The summed E-state index contributed by atoms with van der Waals surface area (Å²) in [6, 6.07) is 5.78. The van der Waals surface area contributed by atoms with Crippen LogP contribution in [0.2, 0.25) is 5.02 Å². The van der Waals surface area contributed by atoms with Gasteiger partial charge in [0.05, 0.1) is 22.2 Å². The zero-order valence-corrected chi connectivity index (χ0v) is 12.3. The van der Waals surface area contributed by atoms with Crippen LogP contribution in [0.4, 0.5) is 5.69 Å². The third-order valence-electron chi connectivity index (χ3n) is 2.84. The summed E-state index contributed by atoms with van der Waals surface area (Å²) >= 11 is 9.45. The van der Waals surface area contributed by atoms with E-state index in [-0.39, 0.29) is 17.5 Å². The van der Waals surface area contributed by atoms with Crippen molar-refractivity contribution in [2.45, 2.75) is 18.9 Å². The standard InChI is InChI=1S/C11H13BrClNO2S/c12-8-1-2-10(13)11(7-8)14-9-3-5-17(15,16)6-4-9/h1-2,7,9,14H,3-6H2. The van der Waals surface area contributed by atoms with Crippen molar-refractivity contribution in [2.24, 2.45) is 0 Å². The minimum absolute atomic E-state index is 0.185. The molecule has 0 unspecified atom stereocenters. The molecule has 3 nitrogen and oxygen atoms in total. The fourth-order valence-corrected chi connectivity index (χ4v) is 3.89. The Kier molecular flexibility index (Phi) is 4.00. The van der Waals surface area contributed by atoms with Crippen LogP contribution in [0.3, 0.4) is 0 Å². The Morgan fingerprint density at radius 2 is 1.94 bits per heavy atom. The highest BCUT2D eigenvalue weighted by atomic mass is 79.9. The van der Waals surface area contributed by atoms with Crippen molar-refractivity contribution in [2.75, 3.05) is 16.8 Å². The smallest absolute Gasteiger partial charge is 0.150 e. The quantitative estimate of drug-likeness (QED) is 0.901. The fourth-order valence-electron chi connectivity index (χ4n) is 1.86. The van der Waals surface area contributed by atoms with E-state index in [0.29, 0.717) is 17.9 Å². The van der Waals surface area contributed by atoms with Crippen LogP contribution in [0.25, 0.3) is 0 Å². The van der Waals surface area contributed by atoms with Gasteiger partial charge < -0.3 is 5.32 Å². The Hall–Kier alpha value is -0.260. The highest BCUT2D eigenvalue weighted by molar-refractivity contribution is 9.10. The summed E-state index contributed by atoms with van der Waals surface area (Å²) in [6.07, 6.45) is 1.29. The second-order valence-corrected chi connectivity index (χ2v) is 7.82. The van der Waals surface area contributed by atoms with Crippen LogP contribution in [0.5, 0.6) is 0 Å². The summed E-state index contributed by atoms with van der Waals surface area (Å²) in [5.74, 6) is 0.520. The third-order valence-corrected chi connectivity index (χ3v) is 5.38. The molecule has 1 aliphatic rings. The number of benzene rings is 1. The van der Waals surface area contributed by atoms with Gasteiger partial charge in [0, 0.05) is 10.5 Å². The topological polar surface area (TPSA) is 46.2 Å². The van der Waals surface area contributed by atoms with Crippen molar-refractivity contribution in [3.05, 3.63) is 27.7 Å². The molecule has 1 aromatic carbocycles. The summed E-state index contributed by atoms with van der Waals surface area (Å²) in [4.78, 5) is 0. The Bertz CT molecular complexity index is 504. The van der Waals surface area contributed by atoms with Crippen molar-refractivity contribution in [3.63, 3.8) is 0 Å². The Morgan fingerprint density at radius 3 is 2.59 bits per heavy atom. The van der Waals surface area contributed by atoms with E-state index in [1.807, 2.05) is 18.2 Å². The molecule has 0 bridgehead atoms. The van der Waals surface area contributed by atoms with Crippen LogP contribution >= 0.6 is 27.5 Å². The number of halogens is 2. The first-order chi connectivity index (χ1) is 7.96. The molecule has 1 N–H and O–H groups in total. The lowest BCUT2D eigenvalue weighted by molar-refractivity contribution is 0.559. The fraction of sp³-hybridized carbons (Fsp3) is 0.455. The van der Waals surface area contributed by atoms with Crippen LogP contribution in [-0.4, -0.2) is 26.0 Å². The van der Waals surface area contributed by atoms with Crippen molar-refractivity contribution in [3.8, 4) is 0 Å². The molecule has 1 saturated heterocycles. The lowest BCUT2D eigenvalue weighted by Crippen LogP contribution is -2.32. The predicted octanol–water partition coefficient (Wildman–Crippen LogP) is 3.09. The van der Waals surface area contributed by atoms with Crippen LogP contribution < -0.4 is 5.32 Å². The molecule has 17 heavy (non-hydrogen) atoms. The first-order valence-corrected chi connectivity index (χ1v) is 8.37. The maximum Gasteiger partial charge on any atom is 0.150 e. The number of sulfone groups is 1. The lowest BCUT2D eigenvalue weighted by atomic mass is 10.1. The number of nitrogens with one attached hydrogen (secondary N) is 1. The minimum Gasteiger partial charge on any atom is -0.381 e. The SMILES string of the molecule is O=S1(=O)CCC(Nc2cc(Br)ccc2Cl)CC1. The van der Waals surface area contributed by atoms with E-state index >= 15 is 0 Å². The molecule has 0 saturated carbocycles. The van der Waals surface area contributed by atoms with E-state index in [1.165, 1.54) is 0 Å². The summed E-state index contributed by atoms with van der Waals surface area (Å²) in [6.45, 7) is 0. The molecule has 0 aromatic heterocycles. The molecule has 0 radical (unpaired) electrons. The van der Waals surface area contributed by atoms with Gasteiger partial charge in [-0.25, -0.2) is 8.42 Å². The van der Waals surface area contributed by atoms with E-state index in [2.05, 4.69) is 21.2 Å². The molecule has 0 spiro atoms. The van der Waals surface area contributed by atoms with E-state index in [0.717, 1.165) is 10.2 Å². The van der Waals surface area contributed by atoms with Gasteiger partial charge in [0.15, 0.2) is 0 Å². The zero-order valence-electron chi connectivity index (χ0n) is 9.12. The van der Waals surface area contributed by atoms with Crippen LogP contribution in [-0.2, 0) is 9.84 Å². The molecule has 6 heteroatoms. The molecule has 94 valence electrons. The maximum atomic E-state index is 11.3. The van der Waals surface area contributed by atoms with Crippen molar-refractivity contribution >= 4 is 43.1 Å². The molecule has 1 heterocycles. The van der Waals surface area contributed by atoms with Crippen molar-refractivity contribution in [1.82, 2.24) is 0 Å². The number of hydrogen-bond donors (Lipinski definition) is 1. The lowest BCUT2D eigenvalue weighted by Gasteiger charge is -2.24. The summed E-state index contributed by atoms with van der Waals surface area (Å²) in [7, 11) is -2.81.